The topological polar surface area (TPSA) is 62.4 Å². The van der Waals surface area contributed by atoms with Gasteiger partial charge in [0.15, 0.2) is 5.11 Å². The van der Waals surface area contributed by atoms with Crippen LogP contribution in [0.4, 0.5) is 11.4 Å². The molecule has 1 aliphatic heterocycles. The van der Waals surface area contributed by atoms with Crippen molar-refractivity contribution in [1.29, 1.82) is 0 Å². The quantitative estimate of drug-likeness (QED) is 0.742. The van der Waals surface area contributed by atoms with Crippen LogP contribution in [-0.2, 0) is 9.53 Å². The minimum Gasteiger partial charge on any atom is -0.376 e. The minimum atomic E-state index is -0.0961. The lowest BCUT2D eigenvalue weighted by atomic mass is 10.2. The molecular formula is C14H19N3O2S. The zero-order valence-corrected chi connectivity index (χ0v) is 12.3. The molecule has 1 aliphatic rings. The highest BCUT2D eigenvalue weighted by atomic mass is 32.1. The molecule has 1 aromatic rings. The van der Waals surface area contributed by atoms with Crippen molar-refractivity contribution in [3.8, 4) is 0 Å². The van der Waals surface area contributed by atoms with Crippen LogP contribution >= 0.6 is 12.2 Å². The second-order valence-corrected chi connectivity index (χ2v) is 5.14. The molecule has 1 fully saturated rings. The average molecular weight is 293 g/mol. The van der Waals surface area contributed by atoms with Crippen LogP contribution in [-0.4, -0.2) is 30.3 Å². The Morgan fingerprint density at radius 2 is 2.15 bits per heavy atom. The predicted octanol–water partition coefficient (Wildman–Crippen LogP) is 2.11. The van der Waals surface area contributed by atoms with Gasteiger partial charge in [-0.2, -0.15) is 0 Å². The van der Waals surface area contributed by atoms with E-state index in [2.05, 4.69) is 16.0 Å². The Labute approximate surface area is 124 Å². The molecule has 0 radical (unpaired) electrons. The van der Waals surface area contributed by atoms with Gasteiger partial charge in [0.1, 0.15) is 0 Å². The number of amides is 1. The molecule has 0 aliphatic carbocycles. The number of ether oxygens (including phenoxy) is 1. The lowest BCUT2D eigenvalue weighted by Gasteiger charge is -2.14. The summed E-state index contributed by atoms with van der Waals surface area (Å²) >= 11 is 5.24. The van der Waals surface area contributed by atoms with Crippen molar-refractivity contribution in [2.75, 3.05) is 23.8 Å². The number of benzene rings is 1. The van der Waals surface area contributed by atoms with Crippen molar-refractivity contribution in [1.82, 2.24) is 5.32 Å². The maximum Gasteiger partial charge on any atom is 0.221 e. The van der Waals surface area contributed by atoms with E-state index in [0.717, 1.165) is 37.4 Å². The number of nitrogens with one attached hydrogen (secondary N) is 3. The molecule has 0 saturated carbocycles. The van der Waals surface area contributed by atoms with Crippen molar-refractivity contribution >= 4 is 34.6 Å². The number of carbonyl (C=O) groups excluding carboxylic acids is 1. The van der Waals surface area contributed by atoms with Gasteiger partial charge >= 0.3 is 0 Å². The molecule has 108 valence electrons. The molecule has 1 amide bonds. The first kappa shape index (κ1) is 14.7. The van der Waals surface area contributed by atoms with Crippen LogP contribution in [0.2, 0.25) is 0 Å². The Morgan fingerprint density at radius 1 is 1.40 bits per heavy atom. The summed E-state index contributed by atoms with van der Waals surface area (Å²) in [4.78, 5) is 11.0. The third-order valence-electron chi connectivity index (χ3n) is 2.96. The zero-order chi connectivity index (χ0) is 14.4. The fourth-order valence-electron chi connectivity index (χ4n) is 2.07. The van der Waals surface area contributed by atoms with Crippen LogP contribution in [0.1, 0.15) is 19.8 Å². The first-order valence-corrected chi connectivity index (χ1v) is 7.08. The molecule has 0 aromatic heterocycles. The van der Waals surface area contributed by atoms with Gasteiger partial charge in [-0.15, -0.1) is 0 Å². The SMILES string of the molecule is CC(=O)Nc1cccc(NC(=S)NC[C@H]2CCCO2)c1. The van der Waals surface area contributed by atoms with E-state index >= 15 is 0 Å². The van der Waals surface area contributed by atoms with Gasteiger partial charge in [-0.1, -0.05) is 6.07 Å². The van der Waals surface area contributed by atoms with E-state index in [1.165, 1.54) is 6.92 Å². The summed E-state index contributed by atoms with van der Waals surface area (Å²) in [5.41, 5.74) is 1.57. The summed E-state index contributed by atoms with van der Waals surface area (Å²) in [5, 5.41) is 9.52. The molecule has 1 atom stereocenters. The third kappa shape index (κ3) is 4.79. The molecule has 1 heterocycles. The van der Waals surface area contributed by atoms with Gasteiger partial charge in [-0.3, -0.25) is 4.79 Å². The summed E-state index contributed by atoms with van der Waals surface area (Å²) in [6.45, 7) is 3.04. The number of carbonyl (C=O) groups is 1. The molecule has 6 heteroatoms. The van der Waals surface area contributed by atoms with Crippen LogP contribution < -0.4 is 16.0 Å². The molecule has 3 N–H and O–H groups in total. The minimum absolute atomic E-state index is 0.0961. The Bertz CT molecular complexity index is 487. The first-order valence-electron chi connectivity index (χ1n) is 6.67. The molecule has 20 heavy (non-hydrogen) atoms. The van der Waals surface area contributed by atoms with E-state index in [4.69, 9.17) is 17.0 Å². The van der Waals surface area contributed by atoms with Crippen molar-refractivity contribution < 1.29 is 9.53 Å². The second-order valence-electron chi connectivity index (χ2n) is 4.73. The predicted molar refractivity (Wildman–Crippen MR) is 83.9 cm³/mol. The van der Waals surface area contributed by atoms with Gasteiger partial charge in [0.2, 0.25) is 5.91 Å². The number of thiocarbonyl (C=S) groups is 1. The molecule has 0 bridgehead atoms. The molecule has 2 rings (SSSR count). The maximum atomic E-state index is 11.0. The Kier molecular flexibility index (Phi) is 5.31. The average Bonchev–Trinajstić information content (AvgIpc) is 2.89. The largest absolute Gasteiger partial charge is 0.376 e. The Hall–Kier alpha value is -1.66. The van der Waals surface area contributed by atoms with Gasteiger partial charge in [-0.05, 0) is 43.3 Å². The molecule has 1 saturated heterocycles. The van der Waals surface area contributed by atoms with Crippen LogP contribution in [0.3, 0.4) is 0 Å². The first-order chi connectivity index (χ1) is 9.63. The van der Waals surface area contributed by atoms with Crippen LogP contribution in [0, 0.1) is 0 Å². The van der Waals surface area contributed by atoms with Gasteiger partial charge in [0, 0.05) is 31.5 Å². The summed E-state index contributed by atoms with van der Waals surface area (Å²) in [6.07, 6.45) is 2.44. The molecule has 1 aromatic carbocycles. The van der Waals surface area contributed by atoms with Crippen LogP contribution in [0.25, 0.3) is 0 Å². The van der Waals surface area contributed by atoms with Crippen LogP contribution in [0.5, 0.6) is 0 Å². The van der Waals surface area contributed by atoms with E-state index in [1.54, 1.807) is 0 Å². The lowest BCUT2D eigenvalue weighted by Crippen LogP contribution is -2.34. The van der Waals surface area contributed by atoms with E-state index in [9.17, 15) is 4.79 Å². The van der Waals surface area contributed by atoms with Gasteiger partial charge in [0.25, 0.3) is 0 Å². The Morgan fingerprint density at radius 3 is 2.80 bits per heavy atom. The maximum absolute atomic E-state index is 11.0. The van der Waals surface area contributed by atoms with Crippen molar-refractivity contribution in [2.24, 2.45) is 0 Å². The van der Waals surface area contributed by atoms with Gasteiger partial charge < -0.3 is 20.7 Å². The number of rotatable bonds is 4. The fraction of sp³-hybridized carbons (Fsp3) is 0.429. The third-order valence-corrected chi connectivity index (χ3v) is 3.20. The van der Waals surface area contributed by atoms with Gasteiger partial charge in [-0.25, -0.2) is 0 Å². The van der Waals surface area contributed by atoms with E-state index in [-0.39, 0.29) is 12.0 Å². The lowest BCUT2D eigenvalue weighted by molar-refractivity contribution is -0.114. The monoisotopic (exact) mass is 293 g/mol. The van der Waals surface area contributed by atoms with Crippen molar-refractivity contribution in [3.05, 3.63) is 24.3 Å². The molecule has 5 nitrogen and oxygen atoms in total. The Balaban J connectivity index is 1.82. The molecule has 0 unspecified atom stereocenters. The second kappa shape index (κ2) is 7.21. The highest BCUT2D eigenvalue weighted by Gasteiger charge is 2.15. The zero-order valence-electron chi connectivity index (χ0n) is 11.4. The normalized spacial score (nSPS) is 17.6. The van der Waals surface area contributed by atoms with Crippen molar-refractivity contribution in [2.45, 2.75) is 25.9 Å². The standard InChI is InChI=1S/C14H19N3O2S/c1-10(18)16-11-4-2-5-12(8-11)17-14(20)15-9-13-6-3-7-19-13/h2,4-5,8,13H,3,6-7,9H2,1H3,(H,16,18)(H2,15,17,20)/t13-/m1/s1. The fourth-order valence-corrected chi connectivity index (χ4v) is 2.27. The van der Waals surface area contributed by atoms with E-state index in [1.807, 2.05) is 24.3 Å². The smallest absolute Gasteiger partial charge is 0.221 e. The summed E-state index contributed by atoms with van der Waals surface area (Å²) in [7, 11) is 0. The number of hydrogen-bond acceptors (Lipinski definition) is 3. The van der Waals surface area contributed by atoms with Gasteiger partial charge in [0.05, 0.1) is 6.10 Å². The molecule has 0 spiro atoms. The van der Waals surface area contributed by atoms with Crippen molar-refractivity contribution in [3.63, 3.8) is 0 Å². The van der Waals surface area contributed by atoms with E-state index in [0.29, 0.717) is 5.11 Å². The number of hydrogen-bond donors (Lipinski definition) is 3. The highest BCUT2D eigenvalue weighted by molar-refractivity contribution is 7.80. The summed E-state index contributed by atoms with van der Waals surface area (Å²) in [6, 6.07) is 7.42. The van der Waals surface area contributed by atoms with Crippen LogP contribution in [0.15, 0.2) is 24.3 Å². The number of anilines is 2. The highest BCUT2D eigenvalue weighted by Crippen LogP contribution is 2.15. The summed E-state index contributed by atoms with van der Waals surface area (Å²) in [5.74, 6) is -0.0961. The van der Waals surface area contributed by atoms with E-state index < -0.39 is 0 Å². The summed E-state index contributed by atoms with van der Waals surface area (Å²) < 4.78 is 5.52. The molecular weight excluding hydrogens is 274 g/mol.